The van der Waals surface area contributed by atoms with Crippen molar-refractivity contribution in [1.29, 1.82) is 0 Å². The lowest BCUT2D eigenvalue weighted by Gasteiger charge is -2.18. The van der Waals surface area contributed by atoms with E-state index in [1.54, 1.807) is 0 Å². The van der Waals surface area contributed by atoms with Crippen LogP contribution in [0.4, 0.5) is 0 Å². The molecule has 0 radical (unpaired) electrons. The smallest absolute Gasteiger partial charge is 0.326 e. The second-order valence-electron chi connectivity index (χ2n) is 2.69. The second kappa shape index (κ2) is 2.92. The van der Waals surface area contributed by atoms with Gasteiger partial charge < -0.3 is 10.0 Å². The van der Waals surface area contributed by atoms with Crippen molar-refractivity contribution in [3.8, 4) is 0 Å². The molecular weight excluding hydrogens is 162 g/mol. The first-order chi connectivity index (χ1) is 5.54. The number of ketones is 1. The fraction of sp³-hybridized carbons (Fsp3) is 0.571. The van der Waals surface area contributed by atoms with Gasteiger partial charge in [0.1, 0.15) is 6.04 Å². The number of nitrogens with zero attached hydrogens (tertiary/aromatic N) is 1. The molecule has 66 valence electrons. The Morgan fingerprint density at radius 3 is 2.50 bits per heavy atom. The summed E-state index contributed by atoms with van der Waals surface area (Å²) in [4.78, 5) is 33.2. The van der Waals surface area contributed by atoms with Gasteiger partial charge in [0, 0.05) is 13.0 Å². The molecule has 0 aliphatic carbocycles. The van der Waals surface area contributed by atoms with Crippen LogP contribution in [0.1, 0.15) is 13.3 Å². The summed E-state index contributed by atoms with van der Waals surface area (Å²) < 4.78 is 0. The minimum atomic E-state index is -1.09. The topological polar surface area (TPSA) is 74.7 Å². The molecule has 0 bridgehead atoms. The van der Waals surface area contributed by atoms with E-state index in [1.165, 1.54) is 6.92 Å². The predicted molar refractivity (Wildman–Crippen MR) is 38.4 cm³/mol. The molecule has 1 amide bonds. The van der Waals surface area contributed by atoms with Gasteiger partial charge >= 0.3 is 5.97 Å². The summed E-state index contributed by atoms with van der Waals surface area (Å²) >= 11 is 0. The van der Waals surface area contributed by atoms with Crippen LogP contribution in [0.2, 0.25) is 0 Å². The van der Waals surface area contributed by atoms with E-state index in [9.17, 15) is 14.4 Å². The Balaban J connectivity index is 2.72. The highest BCUT2D eigenvalue weighted by Gasteiger charge is 2.35. The molecule has 0 aromatic rings. The molecule has 1 atom stereocenters. The van der Waals surface area contributed by atoms with Crippen LogP contribution in [0.3, 0.4) is 0 Å². The number of Topliss-reactive ketones (excluding diaryl/α,β-unsaturated/α-hetero) is 1. The number of carbonyl (C=O) groups excluding carboxylic acids is 2. The van der Waals surface area contributed by atoms with Crippen molar-refractivity contribution in [2.75, 3.05) is 6.54 Å². The molecule has 1 N–H and O–H groups in total. The van der Waals surface area contributed by atoms with Crippen LogP contribution in [-0.2, 0) is 14.4 Å². The molecule has 5 nitrogen and oxygen atoms in total. The normalized spacial score (nSPS) is 19.9. The first-order valence-corrected chi connectivity index (χ1v) is 3.60. The molecule has 1 unspecified atom stereocenters. The lowest BCUT2D eigenvalue weighted by molar-refractivity contribution is -0.149. The molecule has 1 saturated heterocycles. The summed E-state index contributed by atoms with van der Waals surface area (Å²) in [6, 6.07) is -0.899. The van der Waals surface area contributed by atoms with Crippen molar-refractivity contribution >= 4 is 17.7 Å². The van der Waals surface area contributed by atoms with Crippen LogP contribution in [0.15, 0.2) is 0 Å². The third-order valence-corrected chi connectivity index (χ3v) is 1.90. The van der Waals surface area contributed by atoms with Crippen LogP contribution in [0.5, 0.6) is 0 Å². The zero-order chi connectivity index (χ0) is 9.30. The maximum absolute atomic E-state index is 11.0. The molecule has 5 heteroatoms. The van der Waals surface area contributed by atoms with Gasteiger partial charge in [0.15, 0.2) is 0 Å². The highest BCUT2D eigenvalue weighted by Crippen LogP contribution is 2.10. The van der Waals surface area contributed by atoms with Crippen molar-refractivity contribution in [3.63, 3.8) is 0 Å². The van der Waals surface area contributed by atoms with Gasteiger partial charge in [-0.1, -0.05) is 0 Å². The number of aliphatic carboxylic acids is 1. The summed E-state index contributed by atoms with van der Waals surface area (Å²) in [5.41, 5.74) is 0. The molecule has 1 aliphatic rings. The van der Waals surface area contributed by atoms with Gasteiger partial charge in [-0.05, 0) is 6.92 Å². The maximum atomic E-state index is 11.0. The van der Waals surface area contributed by atoms with Crippen LogP contribution in [0, 0.1) is 0 Å². The van der Waals surface area contributed by atoms with E-state index < -0.39 is 23.7 Å². The molecule has 0 saturated carbocycles. The van der Waals surface area contributed by atoms with E-state index in [0.717, 1.165) is 4.90 Å². The predicted octanol–water partition coefficient (Wildman–Crippen LogP) is -0.739. The van der Waals surface area contributed by atoms with Crippen molar-refractivity contribution in [2.45, 2.75) is 19.4 Å². The SMILES string of the molecule is CC(C(=O)O)N1CCC(=O)C1=O. The number of rotatable bonds is 2. The van der Waals surface area contributed by atoms with Gasteiger partial charge in [0.25, 0.3) is 5.91 Å². The molecule has 1 heterocycles. The Morgan fingerprint density at radius 2 is 2.17 bits per heavy atom. The first-order valence-electron chi connectivity index (χ1n) is 3.60. The summed E-state index contributed by atoms with van der Waals surface area (Å²) in [7, 11) is 0. The van der Waals surface area contributed by atoms with Crippen LogP contribution in [-0.4, -0.2) is 40.3 Å². The van der Waals surface area contributed by atoms with E-state index >= 15 is 0 Å². The van der Waals surface area contributed by atoms with E-state index in [1.807, 2.05) is 0 Å². The molecule has 0 aromatic carbocycles. The van der Waals surface area contributed by atoms with Gasteiger partial charge in [0.05, 0.1) is 0 Å². The fourth-order valence-electron chi connectivity index (χ4n) is 1.09. The summed E-state index contributed by atoms with van der Waals surface area (Å²) in [6.45, 7) is 1.62. The Hall–Kier alpha value is -1.39. The Morgan fingerprint density at radius 1 is 1.58 bits per heavy atom. The zero-order valence-corrected chi connectivity index (χ0v) is 6.61. The molecule has 0 spiro atoms. The largest absolute Gasteiger partial charge is 0.480 e. The van der Waals surface area contributed by atoms with Gasteiger partial charge in [0.2, 0.25) is 5.78 Å². The Kier molecular flexibility index (Phi) is 2.12. The van der Waals surface area contributed by atoms with Gasteiger partial charge in [-0.15, -0.1) is 0 Å². The number of carboxylic acid groups (broad SMARTS) is 1. The number of amides is 1. The number of likely N-dealkylation sites (tertiary alicyclic amines) is 1. The lowest BCUT2D eigenvalue weighted by Crippen LogP contribution is -2.40. The van der Waals surface area contributed by atoms with E-state index in [-0.39, 0.29) is 13.0 Å². The quantitative estimate of drug-likeness (QED) is 0.555. The maximum Gasteiger partial charge on any atom is 0.326 e. The van der Waals surface area contributed by atoms with Gasteiger partial charge in [-0.25, -0.2) is 4.79 Å². The average Bonchev–Trinajstić information content (AvgIpc) is 2.32. The average molecular weight is 171 g/mol. The standard InChI is InChI=1S/C7H9NO4/c1-4(7(11)12)8-3-2-5(9)6(8)10/h4H,2-3H2,1H3,(H,11,12). The molecule has 1 aliphatic heterocycles. The minimum Gasteiger partial charge on any atom is -0.480 e. The van der Waals surface area contributed by atoms with Crippen molar-refractivity contribution in [2.24, 2.45) is 0 Å². The number of hydrogen-bond donors (Lipinski definition) is 1. The molecule has 12 heavy (non-hydrogen) atoms. The van der Waals surface area contributed by atoms with Crippen molar-refractivity contribution in [3.05, 3.63) is 0 Å². The molecular formula is C7H9NO4. The van der Waals surface area contributed by atoms with E-state index in [2.05, 4.69) is 0 Å². The first kappa shape index (κ1) is 8.70. The molecule has 0 aromatic heterocycles. The van der Waals surface area contributed by atoms with E-state index in [0.29, 0.717) is 0 Å². The van der Waals surface area contributed by atoms with Gasteiger partial charge in [-0.2, -0.15) is 0 Å². The van der Waals surface area contributed by atoms with Crippen molar-refractivity contribution < 1.29 is 19.5 Å². The number of carboxylic acids is 1. The lowest BCUT2D eigenvalue weighted by atomic mass is 10.3. The fourth-order valence-corrected chi connectivity index (χ4v) is 1.09. The second-order valence-corrected chi connectivity index (χ2v) is 2.69. The highest BCUT2D eigenvalue weighted by atomic mass is 16.4. The van der Waals surface area contributed by atoms with E-state index in [4.69, 9.17) is 5.11 Å². The Bertz CT molecular complexity index is 248. The summed E-state index contributed by atoms with van der Waals surface area (Å²) in [5, 5.41) is 8.54. The molecule has 1 fully saturated rings. The van der Waals surface area contributed by atoms with Crippen molar-refractivity contribution in [1.82, 2.24) is 4.90 Å². The summed E-state index contributed by atoms with van der Waals surface area (Å²) in [5.74, 6) is -2.26. The Labute approximate surface area is 69.0 Å². The third-order valence-electron chi connectivity index (χ3n) is 1.90. The zero-order valence-electron chi connectivity index (χ0n) is 6.61. The summed E-state index contributed by atoms with van der Waals surface area (Å²) in [6.07, 6.45) is 0.135. The van der Waals surface area contributed by atoms with Crippen LogP contribution >= 0.6 is 0 Å². The number of hydrogen-bond acceptors (Lipinski definition) is 3. The third kappa shape index (κ3) is 1.30. The van der Waals surface area contributed by atoms with Crippen LogP contribution < -0.4 is 0 Å². The monoisotopic (exact) mass is 171 g/mol. The van der Waals surface area contributed by atoms with Crippen LogP contribution in [0.25, 0.3) is 0 Å². The number of carbonyl (C=O) groups is 3. The highest BCUT2D eigenvalue weighted by molar-refractivity contribution is 6.38. The minimum absolute atomic E-state index is 0.135. The molecule has 1 rings (SSSR count). The van der Waals surface area contributed by atoms with Gasteiger partial charge in [-0.3, -0.25) is 9.59 Å².